The lowest BCUT2D eigenvalue weighted by atomic mass is 10.1. The molecular formula is C19H21F2N5O2. The molecule has 1 saturated carbocycles. The molecule has 3 fully saturated rings. The van der Waals surface area contributed by atoms with Gasteiger partial charge in [0.2, 0.25) is 0 Å². The number of pyridine rings is 1. The number of halogens is 2. The summed E-state index contributed by atoms with van der Waals surface area (Å²) < 4.78 is 35.5. The summed E-state index contributed by atoms with van der Waals surface area (Å²) in [6.45, 7) is 0.712. The maximum absolute atomic E-state index is 12.7. The van der Waals surface area contributed by atoms with Crippen LogP contribution in [0.5, 0.6) is 5.75 Å². The third kappa shape index (κ3) is 3.13. The van der Waals surface area contributed by atoms with Crippen LogP contribution in [0.1, 0.15) is 31.5 Å². The topological polar surface area (TPSA) is 86.4 Å². The predicted molar refractivity (Wildman–Crippen MR) is 98.3 cm³/mol. The fourth-order valence-electron chi connectivity index (χ4n) is 4.06. The van der Waals surface area contributed by atoms with Crippen molar-refractivity contribution in [3.05, 3.63) is 24.2 Å². The fraction of sp³-hybridized carbons (Fsp3) is 0.526. The molecule has 2 unspecified atom stereocenters. The molecule has 7 nitrogen and oxygen atoms in total. The maximum atomic E-state index is 12.7. The van der Waals surface area contributed by atoms with Crippen molar-refractivity contribution in [2.75, 3.05) is 23.8 Å². The molecule has 2 aromatic heterocycles. The Morgan fingerprint density at radius 1 is 1.29 bits per heavy atom. The van der Waals surface area contributed by atoms with E-state index in [1.807, 2.05) is 6.07 Å². The first-order valence-corrected chi connectivity index (χ1v) is 9.46. The van der Waals surface area contributed by atoms with Crippen molar-refractivity contribution in [1.29, 1.82) is 0 Å². The zero-order chi connectivity index (χ0) is 19.4. The summed E-state index contributed by atoms with van der Waals surface area (Å²) in [6, 6.07) is 3.66. The van der Waals surface area contributed by atoms with Crippen LogP contribution < -0.4 is 15.4 Å². The van der Waals surface area contributed by atoms with Gasteiger partial charge in [0, 0.05) is 30.3 Å². The molecule has 4 atom stereocenters. The van der Waals surface area contributed by atoms with Crippen LogP contribution >= 0.6 is 0 Å². The van der Waals surface area contributed by atoms with Gasteiger partial charge in [0.1, 0.15) is 11.6 Å². The number of fused-ring (bicyclic) bond motifs is 2. The lowest BCUT2D eigenvalue weighted by Crippen LogP contribution is -2.37. The molecule has 1 aliphatic carbocycles. The maximum Gasteiger partial charge on any atom is 0.387 e. The number of hydrogen-bond donors (Lipinski definition) is 1. The van der Waals surface area contributed by atoms with Gasteiger partial charge < -0.3 is 20.1 Å². The van der Waals surface area contributed by atoms with Crippen LogP contribution in [0.2, 0.25) is 0 Å². The molecule has 2 N–H and O–H groups in total. The van der Waals surface area contributed by atoms with Crippen molar-refractivity contribution in [1.82, 2.24) is 15.0 Å². The van der Waals surface area contributed by atoms with Gasteiger partial charge in [-0.1, -0.05) is 6.92 Å². The number of hydrogen-bond acceptors (Lipinski definition) is 7. The number of nitrogens with zero attached hydrogens (tertiary/aromatic N) is 4. The van der Waals surface area contributed by atoms with Crippen molar-refractivity contribution < 1.29 is 18.3 Å². The van der Waals surface area contributed by atoms with Gasteiger partial charge in [0.25, 0.3) is 0 Å². The van der Waals surface area contributed by atoms with Crippen molar-refractivity contribution in [3.8, 4) is 17.0 Å². The Kier molecular flexibility index (Phi) is 4.08. The Morgan fingerprint density at radius 3 is 2.75 bits per heavy atom. The molecule has 9 heteroatoms. The van der Waals surface area contributed by atoms with Gasteiger partial charge in [0.05, 0.1) is 24.4 Å². The minimum absolute atomic E-state index is 0.0802. The largest absolute Gasteiger partial charge is 0.431 e. The van der Waals surface area contributed by atoms with E-state index in [2.05, 4.69) is 21.5 Å². The van der Waals surface area contributed by atoms with E-state index >= 15 is 0 Å². The third-order valence-electron chi connectivity index (χ3n) is 5.76. The number of rotatable bonds is 5. The summed E-state index contributed by atoms with van der Waals surface area (Å²) in [5, 5.41) is 0. The van der Waals surface area contributed by atoms with Crippen LogP contribution in [-0.4, -0.2) is 46.9 Å². The quantitative estimate of drug-likeness (QED) is 0.841. The number of nitrogen functional groups attached to an aromatic ring is 1. The zero-order valence-corrected chi connectivity index (χ0v) is 15.4. The average molecular weight is 389 g/mol. The first-order chi connectivity index (χ1) is 13.5. The molecular weight excluding hydrogens is 368 g/mol. The molecule has 28 heavy (non-hydrogen) atoms. The normalized spacial score (nSPS) is 28.2. The number of ether oxygens (including phenoxy) is 2. The third-order valence-corrected chi connectivity index (χ3v) is 5.76. The summed E-state index contributed by atoms with van der Waals surface area (Å²) in [7, 11) is 0. The van der Waals surface area contributed by atoms with Gasteiger partial charge >= 0.3 is 6.61 Å². The monoisotopic (exact) mass is 389 g/mol. The lowest BCUT2D eigenvalue weighted by Gasteiger charge is -2.28. The van der Waals surface area contributed by atoms with Crippen molar-refractivity contribution in [2.45, 2.75) is 44.4 Å². The summed E-state index contributed by atoms with van der Waals surface area (Å²) in [5.41, 5.74) is 6.87. The molecule has 5 rings (SSSR count). The van der Waals surface area contributed by atoms with Gasteiger partial charge in [-0.2, -0.15) is 8.78 Å². The van der Waals surface area contributed by atoms with Gasteiger partial charge in [-0.15, -0.1) is 0 Å². The highest BCUT2D eigenvalue weighted by molar-refractivity contribution is 5.67. The summed E-state index contributed by atoms with van der Waals surface area (Å²) in [4.78, 5) is 15.8. The Hall–Kier alpha value is -2.55. The van der Waals surface area contributed by atoms with E-state index in [1.54, 1.807) is 0 Å². The van der Waals surface area contributed by atoms with Crippen LogP contribution in [0.15, 0.2) is 18.3 Å². The van der Waals surface area contributed by atoms with E-state index in [0.29, 0.717) is 35.7 Å². The average Bonchev–Trinajstić information content (AvgIpc) is 3.07. The lowest BCUT2D eigenvalue weighted by molar-refractivity contribution is -0.0494. The van der Waals surface area contributed by atoms with E-state index in [-0.39, 0.29) is 17.7 Å². The molecule has 0 spiro atoms. The van der Waals surface area contributed by atoms with Crippen LogP contribution in [0, 0.1) is 5.92 Å². The summed E-state index contributed by atoms with van der Waals surface area (Å²) in [6.07, 6.45) is 3.83. The molecule has 0 aromatic carbocycles. The highest BCUT2D eigenvalue weighted by Crippen LogP contribution is 2.46. The Morgan fingerprint density at radius 2 is 2.11 bits per heavy atom. The van der Waals surface area contributed by atoms with Crippen LogP contribution in [0.25, 0.3) is 11.3 Å². The highest BCUT2D eigenvalue weighted by Gasteiger charge is 2.41. The second-order valence-electron chi connectivity index (χ2n) is 7.77. The molecule has 0 radical (unpaired) electrons. The van der Waals surface area contributed by atoms with Gasteiger partial charge in [-0.3, -0.25) is 0 Å². The molecule has 2 bridgehead atoms. The molecule has 2 aliphatic heterocycles. The molecule has 0 amide bonds. The van der Waals surface area contributed by atoms with E-state index in [4.69, 9.17) is 20.4 Å². The first kappa shape index (κ1) is 17.5. The first-order valence-electron chi connectivity index (χ1n) is 9.46. The number of aromatic nitrogens is 3. The van der Waals surface area contributed by atoms with Crippen LogP contribution in [0.4, 0.5) is 20.4 Å². The van der Waals surface area contributed by atoms with Crippen LogP contribution in [-0.2, 0) is 4.74 Å². The SMILES string of the molecule is CC1CC1c1nc(-c2cnc(N)c(OC(F)F)c2)cc(N2C[C@@H]3C[C@H]2CO3)n1. The number of anilines is 2. The fourth-order valence-corrected chi connectivity index (χ4v) is 4.06. The standard InChI is InChI=1S/C19H21F2N5O2/c1-9-2-13(9)18-24-14(10-3-15(28-19(20)21)17(22)23-6-10)5-16(25-18)26-7-12-4-11(26)8-27-12/h3,5-6,9,11-13,19H,2,4,7-8H2,1H3,(H2,22,23)/t9?,11-,12-,13?/m0/s1. The molecule has 2 aromatic rings. The minimum atomic E-state index is -2.97. The molecule has 148 valence electrons. The molecule has 2 saturated heterocycles. The smallest absolute Gasteiger partial charge is 0.387 e. The Labute approximate surface area is 160 Å². The minimum Gasteiger partial charge on any atom is -0.431 e. The van der Waals surface area contributed by atoms with Crippen molar-refractivity contribution in [2.24, 2.45) is 5.92 Å². The Bertz CT molecular complexity index is 912. The van der Waals surface area contributed by atoms with Crippen LogP contribution in [0.3, 0.4) is 0 Å². The predicted octanol–water partition coefficient (Wildman–Crippen LogP) is 2.82. The van der Waals surface area contributed by atoms with Crippen molar-refractivity contribution in [3.63, 3.8) is 0 Å². The second kappa shape index (κ2) is 6.51. The van der Waals surface area contributed by atoms with E-state index in [9.17, 15) is 8.78 Å². The van der Waals surface area contributed by atoms with Crippen molar-refractivity contribution >= 4 is 11.6 Å². The van der Waals surface area contributed by atoms with Gasteiger partial charge in [-0.25, -0.2) is 15.0 Å². The molecule has 3 aliphatic rings. The highest BCUT2D eigenvalue weighted by atomic mass is 19.3. The van der Waals surface area contributed by atoms with E-state index in [1.165, 1.54) is 12.3 Å². The van der Waals surface area contributed by atoms with E-state index in [0.717, 1.165) is 31.0 Å². The summed E-state index contributed by atoms with van der Waals surface area (Å²) in [5.74, 6) is 2.28. The van der Waals surface area contributed by atoms with E-state index < -0.39 is 6.61 Å². The summed E-state index contributed by atoms with van der Waals surface area (Å²) >= 11 is 0. The van der Waals surface area contributed by atoms with Gasteiger partial charge in [-0.05, 0) is 24.8 Å². The Balaban J connectivity index is 1.54. The second-order valence-corrected chi connectivity index (χ2v) is 7.77. The zero-order valence-electron chi connectivity index (χ0n) is 15.4. The molecule has 4 heterocycles. The van der Waals surface area contributed by atoms with Gasteiger partial charge in [0.15, 0.2) is 11.6 Å². The number of morpholine rings is 1. The number of nitrogens with two attached hydrogens (primary N) is 1. The number of alkyl halides is 2.